The summed E-state index contributed by atoms with van der Waals surface area (Å²) >= 11 is 0. The fourth-order valence-corrected chi connectivity index (χ4v) is 4.15. The van der Waals surface area contributed by atoms with E-state index < -0.39 is 11.7 Å². The standard InChI is InChI=1S/C18H26F3N3O2/c19-18(20,21)16-3-5-22-9-17(16)24-6-1-2-13(11-24)10-23-7-4-15(26)8-14(23)12-25/h3,5,9,13-15,25-26H,1-2,4,6-8,10-12H2. The molecule has 146 valence electrons. The number of aliphatic hydroxyl groups excluding tert-OH is 2. The summed E-state index contributed by atoms with van der Waals surface area (Å²) in [7, 11) is 0. The van der Waals surface area contributed by atoms with Gasteiger partial charge in [0.15, 0.2) is 0 Å². The highest BCUT2D eigenvalue weighted by molar-refractivity contribution is 5.53. The highest BCUT2D eigenvalue weighted by atomic mass is 19.4. The molecule has 3 atom stereocenters. The van der Waals surface area contributed by atoms with E-state index in [9.17, 15) is 23.4 Å². The first-order chi connectivity index (χ1) is 12.4. The van der Waals surface area contributed by atoms with Crippen molar-refractivity contribution in [3.63, 3.8) is 0 Å². The van der Waals surface area contributed by atoms with Crippen LogP contribution in [0.3, 0.4) is 0 Å². The zero-order valence-electron chi connectivity index (χ0n) is 14.7. The van der Waals surface area contributed by atoms with Crippen molar-refractivity contribution in [2.45, 2.75) is 44.0 Å². The van der Waals surface area contributed by atoms with Gasteiger partial charge in [0.1, 0.15) is 0 Å². The second-order valence-electron chi connectivity index (χ2n) is 7.35. The van der Waals surface area contributed by atoms with Crippen molar-refractivity contribution >= 4 is 5.69 Å². The maximum absolute atomic E-state index is 13.3. The Bertz CT molecular complexity index is 599. The number of aromatic nitrogens is 1. The number of aliphatic hydroxyl groups is 2. The van der Waals surface area contributed by atoms with Crippen molar-refractivity contribution in [1.82, 2.24) is 9.88 Å². The minimum Gasteiger partial charge on any atom is -0.395 e. The number of likely N-dealkylation sites (tertiary alicyclic amines) is 1. The molecule has 0 amide bonds. The lowest BCUT2D eigenvalue weighted by atomic mass is 9.93. The van der Waals surface area contributed by atoms with Crippen LogP contribution in [0.25, 0.3) is 0 Å². The molecule has 0 bridgehead atoms. The molecule has 1 aromatic rings. The molecule has 2 aliphatic rings. The van der Waals surface area contributed by atoms with Crippen LogP contribution in [-0.4, -0.2) is 65.0 Å². The molecule has 3 heterocycles. The van der Waals surface area contributed by atoms with Crippen LogP contribution < -0.4 is 4.90 Å². The molecular weight excluding hydrogens is 347 g/mol. The monoisotopic (exact) mass is 373 g/mol. The van der Waals surface area contributed by atoms with Crippen molar-refractivity contribution in [3.8, 4) is 0 Å². The first kappa shape index (κ1) is 19.4. The first-order valence-corrected chi connectivity index (χ1v) is 9.17. The second kappa shape index (κ2) is 8.10. The van der Waals surface area contributed by atoms with Gasteiger partial charge in [-0.05, 0) is 37.7 Å². The fourth-order valence-electron chi connectivity index (χ4n) is 4.15. The quantitative estimate of drug-likeness (QED) is 0.847. The molecule has 2 aliphatic heterocycles. The first-order valence-electron chi connectivity index (χ1n) is 9.17. The normalized spacial score (nSPS) is 28.3. The highest BCUT2D eigenvalue weighted by Gasteiger charge is 2.36. The molecule has 0 radical (unpaired) electrons. The lowest BCUT2D eigenvalue weighted by Gasteiger charge is -2.42. The number of anilines is 1. The number of piperidine rings is 2. The molecule has 8 heteroatoms. The van der Waals surface area contributed by atoms with Crippen LogP contribution in [0.1, 0.15) is 31.2 Å². The predicted molar refractivity (Wildman–Crippen MR) is 91.9 cm³/mol. The number of nitrogens with zero attached hydrogens (tertiary/aromatic N) is 3. The third-order valence-corrected chi connectivity index (χ3v) is 5.48. The molecule has 1 aromatic heterocycles. The molecule has 0 aliphatic carbocycles. The summed E-state index contributed by atoms with van der Waals surface area (Å²) in [5.41, 5.74) is -0.486. The Balaban J connectivity index is 1.69. The van der Waals surface area contributed by atoms with Gasteiger partial charge >= 0.3 is 6.18 Å². The highest BCUT2D eigenvalue weighted by Crippen LogP contribution is 2.37. The minimum atomic E-state index is -4.39. The van der Waals surface area contributed by atoms with Gasteiger partial charge in [0.05, 0.1) is 30.2 Å². The van der Waals surface area contributed by atoms with Gasteiger partial charge in [-0.1, -0.05) is 0 Å². The number of halogens is 3. The van der Waals surface area contributed by atoms with Crippen LogP contribution in [0.4, 0.5) is 18.9 Å². The van der Waals surface area contributed by atoms with E-state index in [1.165, 1.54) is 12.4 Å². The Morgan fingerprint density at radius 3 is 2.77 bits per heavy atom. The molecule has 0 aromatic carbocycles. The molecule has 26 heavy (non-hydrogen) atoms. The Hall–Kier alpha value is -1.38. The van der Waals surface area contributed by atoms with Crippen molar-refractivity contribution < 1.29 is 23.4 Å². The zero-order valence-corrected chi connectivity index (χ0v) is 14.7. The summed E-state index contributed by atoms with van der Waals surface area (Å²) in [5, 5.41) is 19.3. The Morgan fingerprint density at radius 2 is 2.04 bits per heavy atom. The van der Waals surface area contributed by atoms with Crippen LogP contribution in [0.15, 0.2) is 18.5 Å². The van der Waals surface area contributed by atoms with Gasteiger partial charge in [0.2, 0.25) is 0 Å². The molecule has 0 spiro atoms. The van der Waals surface area contributed by atoms with E-state index in [-0.39, 0.29) is 30.4 Å². The van der Waals surface area contributed by atoms with Crippen LogP contribution in [-0.2, 0) is 6.18 Å². The molecule has 3 unspecified atom stereocenters. The van der Waals surface area contributed by atoms with Gasteiger partial charge in [0.25, 0.3) is 0 Å². The van der Waals surface area contributed by atoms with Crippen LogP contribution in [0.5, 0.6) is 0 Å². The summed E-state index contributed by atoms with van der Waals surface area (Å²) in [6, 6.07) is 0.963. The molecule has 2 saturated heterocycles. The SMILES string of the molecule is OCC1CC(O)CCN1CC1CCCN(c2cnccc2C(F)(F)F)C1. The summed E-state index contributed by atoms with van der Waals surface area (Å²) in [4.78, 5) is 7.86. The van der Waals surface area contributed by atoms with Gasteiger partial charge in [-0.3, -0.25) is 9.88 Å². The molecule has 3 rings (SSSR count). The number of hydrogen-bond donors (Lipinski definition) is 2. The molecule has 2 N–H and O–H groups in total. The maximum atomic E-state index is 13.3. The third-order valence-electron chi connectivity index (χ3n) is 5.48. The number of rotatable bonds is 4. The average molecular weight is 373 g/mol. The van der Waals surface area contributed by atoms with Crippen molar-refractivity contribution in [2.24, 2.45) is 5.92 Å². The zero-order chi connectivity index (χ0) is 18.7. The van der Waals surface area contributed by atoms with Crippen molar-refractivity contribution in [1.29, 1.82) is 0 Å². The summed E-state index contributed by atoms with van der Waals surface area (Å²) < 4.78 is 39.9. The predicted octanol–water partition coefficient (Wildman–Crippen LogP) is 2.13. The summed E-state index contributed by atoms with van der Waals surface area (Å²) in [5.74, 6) is 0.231. The molecule has 2 fully saturated rings. The van der Waals surface area contributed by atoms with Gasteiger partial charge in [0, 0.05) is 38.4 Å². The minimum absolute atomic E-state index is 0.00563. The van der Waals surface area contributed by atoms with E-state index >= 15 is 0 Å². The van der Waals surface area contributed by atoms with Crippen molar-refractivity contribution in [2.75, 3.05) is 37.7 Å². The van der Waals surface area contributed by atoms with Gasteiger partial charge < -0.3 is 15.1 Å². The Morgan fingerprint density at radius 1 is 1.23 bits per heavy atom. The van der Waals surface area contributed by atoms with E-state index in [1.54, 1.807) is 4.90 Å². The number of hydrogen-bond acceptors (Lipinski definition) is 5. The Kier molecular flexibility index (Phi) is 6.04. The third kappa shape index (κ3) is 4.47. The second-order valence-corrected chi connectivity index (χ2v) is 7.35. The Labute approximate surface area is 151 Å². The lowest BCUT2D eigenvalue weighted by molar-refractivity contribution is -0.137. The molecule has 0 saturated carbocycles. The maximum Gasteiger partial charge on any atom is 0.418 e. The van der Waals surface area contributed by atoms with Gasteiger partial charge in [-0.2, -0.15) is 13.2 Å². The van der Waals surface area contributed by atoms with E-state index in [2.05, 4.69) is 9.88 Å². The van der Waals surface area contributed by atoms with Gasteiger partial charge in [-0.15, -0.1) is 0 Å². The topological polar surface area (TPSA) is 59.8 Å². The van der Waals surface area contributed by atoms with Gasteiger partial charge in [-0.25, -0.2) is 0 Å². The van der Waals surface area contributed by atoms with E-state index in [4.69, 9.17) is 0 Å². The summed E-state index contributed by atoms with van der Waals surface area (Å²) in [6.45, 7) is 2.58. The lowest BCUT2D eigenvalue weighted by Crippen LogP contribution is -2.50. The molecular formula is C18H26F3N3O2. The average Bonchev–Trinajstić information content (AvgIpc) is 2.63. The van der Waals surface area contributed by atoms with Crippen LogP contribution in [0, 0.1) is 5.92 Å². The fraction of sp³-hybridized carbons (Fsp3) is 0.722. The summed E-state index contributed by atoms with van der Waals surface area (Å²) in [6.07, 6.45) is 0.720. The smallest absolute Gasteiger partial charge is 0.395 e. The van der Waals surface area contributed by atoms with Crippen LogP contribution in [0.2, 0.25) is 0 Å². The van der Waals surface area contributed by atoms with E-state index in [1.807, 2.05) is 0 Å². The van der Waals surface area contributed by atoms with E-state index in [0.717, 1.165) is 25.5 Å². The largest absolute Gasteiger partial charge is 0.418 e. The number of pyridine rings is 1. The number of alkyl halides is 3. The van der Waals surface area contributed by atoms with Crippen LogP contribution >= 0.6 is 0 Å². The van der Waals surface area contributed by atoms with Crippen molar-refractivity contribution in [3.05, 3.63) is 24.0 Å². The molecule has 5 nitrogen and oxygen atoms in total. The van der Waals surface area contributed by atoms with E-state index in [0.29, 0.717) is 32.5 Å².